The molecule has 0 radical (unpaired) electrons. The van der Waals surface area contributed by atoms with Crippen LogP contribution in [0.1, 0.15) is 45.6 Å². The number of fused-ring (bicyclic) bond motifs is 9. The molecule has 4 aromatic rings. The number of hydrogen-bond donors (Lipinski definition) is 2. The van der Waals surface area contributed by atoms with Crippen LogP contribution in [0.2, 0.25) is 0 Å². The number of thioether (sulfide) groups is 1. The van der Waals surface area contributed by atoms with Crippen molar-refractivity contribution in [3.8, 4) is 5.75 Å². The molecule has 12 heteroatoms. The maximum Gasteiger partial charge on any atom is 0.338 e. The van der Waals surface area contributed by atoms with Crippen LogP contribution in [0.25, 0.3) is 0 Å². The lowest BCUT2D eigenvalue weighted by Crippen LogP contribution is -2.42. The van der Waals surface area contributed by atoms with Gasteiger partial charge in [0.15, 0.2) is 6.61 Å². The maximum absolute atomic E-state index is 14.0. The highest BCUT2D eigenvalue weighted by atomic mass is 32.2. The number of amides is 3. The maximum atomic E-state index is 14.0. The van der Waals surface area contributed by atoms with E-state index in [9.17, 15) is 24.0 Å². The number of aryl methyl sites for hydroxylation is 1. The van der Waals surface area contributed by atoms with Gasteiger partial charge in [-0.3, -0.25) is 24.1 Å². The van der Waals surface area contributed by atoms with E-state index in [1.165, 1.54) is 16.2 Å². The zero-order chi connectivity index (χ0) is 34.0. The highest BCUT2D eigenvalue weighted by Crippen LogP contribution is 2.68. The second-order valence-electron chi connectivity index (χ2n) is 13.0. The van der Waals surface area contributed by atoms with E-state index in [1.54, 1.807) is 49.0 Å². The number of nitrogens with zero attached hydrogens (tertiary/aromatic N) is 1. The topological polar surface area (TPSA) is 135 Å². The van der Waals surface area contributed by atoms with E-state index >= 15 is 0 Å². The molecule has 2 aliphatic carbocycles. The van der Waals surface area contributed by atoms with Crippen molar-refractivity contribution in [2.45, 2.75) is 36.5 Å². The van der Waals surface area contributed by atoms with Crippen molar-refractivity contribution in [1.29, 1.82) is 0 Å². The number of esters is 1. The number of thiazole rings is 1. The predicted octanol–water partition coefficient (Wildman–Crippen LogP) is 5.62. The second kappa shape index (κ2) is 12.3. The van der Waals surface area contributed by atoms with E-state index in [-0.39, 0.29) is 70.6 Å². The Morgan fingerprint density at radius 3 is 2.43 bits per heavy atom. The van der Waals surface area contributed by atoms with Crippen LogP contribution < -0.4 is 19.8 Å². The highest BCUT2D eigenvalue weighted by Gasteiger charge is 2.69. The van der Waals surface area contributed by atoms with Gasteiger partial charge in [0.05, 0.1) is 34.7 Å². The molecule has 49 heavy (non-hydrogen) atoms. The van der Waals surface area contributed by atoms with Gasteiger partial charge in [0.25, 0.3) is 5.91 Å². The number of aromatic nitrogens is 1. The normalized spacial score (nSPS) is 26.2. The van der Waals surface area contributed by atoms with Gasteiger partial charge < -0.3 is 19.8 Å². The van der Waals surface area contributed by atoms with E-state index < -0.39 is 11.9 Å². The molecule has 7 atom stereocenters. The molecule has 3 amide bonds. The first kappa shape index (κ1) is 31.6. The zero-order valence-corrected chi connectivity index (χ0v) is 28.3. The Bertz CT molecular complexity index is 2040. The third-order valence-electron chi connectivity index (χ3n) is 10.3. The van der Waals surface area contributed by atoms with E-state index in [0.29, 0.717) is 22.7 Å². The van der Waals surface area contributed by atoms with Gasteiger partial charge in [-0.2, -0.15) is 0 Å². The summed E-state index contributed by atoms with van der Waals surface area (Å²) in [7, 11) is 0. The third kappa shape index (κ3) is 5.37. The molecular weight excluding hydrogens is 663 g/mol. The summed E-state index contributed by atoms with van der Waals surface area (Å²) in [6.45, 7) is 3.75. The van der Waals surface area contributed by atoms with Crippen LogP contribution in [-0.2, 0) is 19.1 Å². The summed E-state index contributed by atoms with van der Waals surface area (Å²) >= 11 is 2.85. The van der Waals surface area contributed by atoms with Gasteiger partial charge in [-0.15, -0.1) is 11.8 Å². The average molecular weight is 696 g/mol. The Hall–Kier alpha value is -4.68. The Balaban J connectivity index is 1.03. The number of carbonyl (C=O) groups excluding carboxylic acids is 4. The van der Waals surface area contributed by atoms with Gasteiger partial charge in [0.2, 0.25) is 11.8 Å². The third-order valence-corrected chi connectivity index (χ3v) is 12.9. The summed E-state index contributed by atoms with van der Waals surface area (Å²) in [6.07, 6.45) is 0.795. The zero-order valence-electron chi connectivity index (χ0n) is 26.7. The number of nitrogens with one attached hydrogen (secondary N) is 2. The fourth-order valence-electron chi connectivity index (χ4n) is 8.39. The fraction of sp³-hybridized carbons (Fsp3) is 0.324. The van der Waals surface area contributed by atoms with E-state index in [1.807, 2.05) is 49.4 Å². The molecule has 3 heterocycles. The number of carbonyl (C=O) groups is 4. The molecule has 10 nitrogen and oxygen atoms in total. The van der Waals surface area contributed by atoms with Gasteiger partial charge in [-0.05, 0) is 92.1 Å². The van der Waals surface area contributed by atoms with E-state index in [0.717, 1.165) is 27.5 Å². The molecule has 4 aliphatic rings. The molecule has 2 N–H and O–H groups in total. The van der Waals surface area contributed by atoms with Crippen molar-refractivity contribution >= 4 is 58.2 Å². The van der Waals surface area contributed by atoms with Crippen molar-refractivity contribution in [1.82, 2.24) is 4.98 Å². The number of rotatable bonds is 8. The van der Waals surface area contributed by atoms with Crippen molar-refractivity contribution in [2.75, 3.05) is 23.4 Å². The summed E-state index contributed by atoms with van der Waals surface area (Å²) in [4.78, 5) is 70.5. The average Bonchev–Trinajstić information content (AvgIpc) is 3.83. The van der Waals surface area contributed by atoms with Crippen LogP contribution >= 0.6 is 23.1 Å². The standard InChI is InChI=1S/C37H33N3O7S2/c1-3-46-36(44)19-9-11-21(12-10-19)38-26(41)17-47-23-6-4-5-20(15-23)27-28-24-16-25(31(28)48-33-32(27)49-37(45)39-33)30-29(24)34(42)40(35(30)43)22-13-7-18(2)8-14-22/h4-15,24-25,27-31H,3,16-17H2,1-2H3,(H,38,41)(H,39,45)/t24?,25?,27-,28?,29?,30?,31?/m1/s1. The van der Waals surface area contributed by atoms with Gasteiger partial charge in [0.1, 0.15) is 5.75 Å². The van der Waals surface area contributed by atoms with Gasteiger partial charge in [0, 0.05) is 21.7 Å². The summed E-state index contributed by atoms with van der Waals surface area (Å²) < 4.78 is 10.9. The van der Waals surface area contributed by atoms with Crippen molar-refractivity contribution < 1.29 is 28.7 Å². The molecule has 6 unspecified atom stereocenters. The predicted molar refractivity (Wildman–Crippen MR) is 185 cm³/mol. The minimum Gasteiger partial charge on any atom is -0.484 e. The van der Waals surface area contributed by atoms with Crippen LogP contribution in [-0.4, -0.2) is 47.1 Å². The van der Waals surface area contributed by atoms with Gasteiger partial charge in [-0.25, -0.2) is 4.79 Å². The number of aromatic amines is 1. The summed E-state index contributed by atoms with van der Waals surface area (Å²) in [6, 6.07) is 21.5. The lowest BCUT2D eigenvalue weighted by molar-refractivity contribution is -0.123. The molecular formula is C37H33N3O7S2. The monoisotopic (exact) mass is 695 g/mol. The first-order chi connectivity index (χ1) is 23.7. The van der Waals surface area contributed by atoms with Crippen molar-refractivity contribution in [3.63, 3.8) is 0 Å². The number of H-pyrrole nitrogens is 1. The number of anilines is 2. The molecule has 2 aliphatic heterocycles. The quantitative estimate of drug-likeness (QED) is 0.179. The number of hydrogen-bond acceptors (Lipinski definition) is 9. The van der Waals surface area contributed by atoms with E-state index in [4.69, 9.17) is 9.47 Å². The Morgan fingerprint density at radius 2 is 1.69 bits per heavy atom. The van der Waals surface area contributed by atoms with E-state index in [2.05, 4.69) is 10.3 Å². The van der Waals surface area contributed by atoms with Crippen LogP contribution in [0, 0.1) is 36.5 Å². The molecule has 3 aromatic carbocycles. The lowest BCUT2D eigenvalue weighted by Gasteiger charge is -2.43. The molecule has 1 aromatic heterocycles. The Labute approximate surface area is 290 Å². The second-order valence-corrected chi connectivity index (χ2v) is 15.2. The van der Waals surface area contributed by atoms with Crippen LogP contribution in [0.15, 0.2) is 82.6 Å². The van der Waals surface area contributed by atoms with Crippen LogP contribution in [0.4, 0.5) is 11.4 Å². The Morgan fingerprint density at radius 1 is 0.959 bits per heavy atom. The Kier molecular flexibility index (Phi) is 7.95. The first-order valence-corrected chi connectivity index (χ1v) is 18.1. The fourth-order valence-corrected chi connectivity index (χ4v) is 11.3. The molecule has 0 spiro atoms. The molecule has 8 rings (SSSR count). The first-order valence-electron chi connectivity index (χ1n) is 16.4. The summed E-state index contributed by atoms with van der Waals surface area (Å²) in [5, 5.41) is 3.68. The minimum atomic E-state index is -0.427. The molecule has 2 bridgehead atoms. The molecule has 3 fully saturated rings. The van der Waals surface area contributed by atoms with Gasteiger partial charge >= 0.3 is 10.8 Å². The van der Waals surface area contributed by atoms with Crippen LogP contribution in [0.3, 0.4) is 0 Å². The SMILES string of the molecule is CCOC(=O)c1ccc(NC(=O)COc2cccc([C@H]3c4sc(=O)[nH]c4SC4C5CC(C6C(=O)N(c7ccc(C)cc7)C(=O)C56)C43)c2)cc1. The molecule has 250 valence electrons. The number of benzene rings is 3. The molecule has 2 saturated carbocycles. The lowest BCUT2D eigenvalue weighted by atomic mass is 9.68. The minimum absolute atomic E-state index is 0.0136. The summed E-state index contributed by atoms with van der Waals surface area (Å²) in [5.41, 5.74) is 3.53. The highest BCUT2D eigenvalue weighted by molar-refractivity contribution is 8.00. The number of ether oxygens (including phenoxy) is 2. The largest absolute Gasteiger partial charge is 0.484 e. The number of imide groups is 1. The van der Waals surface area contributed by atoms with Gasteiger partial charge in [-0.1, -0.05) is 41.2 Å². The summed E-state index contributed by atoms with van der Waals surface area (Å²) in [5.74, 6) is -1.41. The van der Waals surface area contributed by atoms with Crippen molar-refractivity contribution in [2.24, 2.45) is 29.6 Å². The molecule has 1 saturated heterocycles. The smallest absolute Gasteiger partial charge is 0.338 e. The van der Waals surface area contributed by atoms with Crippen molar-refractivity contribution in [3.05, 3.63) is 104 Å². The van der Waals surface area contributed by atoms with Crippen LogP contribution in [0.5, 0.6) is 5.75 Å².